The van der Waals surface area contributed by atoms with E-state index >= 15 is 0 Å². The van der Waals surface area contributed by atoms with Gasteiger partial charge in [-0.15, -0.1) is 0 Å². The zero-order valence-electron chi connectivity index (χ0n) is 12.8. The third kappa shape index (κ3) is 5.13. The van der Waals surface area contributed by atoms with E-state index in [-0.39, 0.29) is 24.8 Å². The van der Waals surface area contributed by atoms with Gasteiger partial charge in [-0.1, -0.05) is 38.1 Å². The summed E-state index contributed by atoms with van der Waals surface area (Å²) >= 11 is 0. The molecule has 0 spiro atoms. The van der Waals surface area contributed by atoms with Crippen molar-refractivity contribution in [3.8, 4) is 0 Å². The minimum Gasteiger partial charge on any atom is -0.355 e. The molecule has 0 unspecified atom stereocenters. The van der Waals surface area contributed by atoms with Gasteiger partial charge in [-0.2, -0.15) is 0 Å². The highest BCUT2D eigenvalue weighted by Crippen LogP contribution is 2.15. The van der Waals surface area contributed by atoms with E-state index in [1.807, 2.05) is 31.2 Å². The highest BCUT2D eigenvalue weighted by Gasteiger charge is 2.12. The van der Waals surface area contributed by atoms with Crippen LogP contribution in [0.2, 0.25) is 0 Å². The monoisotopic (exact) mass is 276 g/mol. The van der Waals surface area contributed by atoms with Crippen molar-refractivity contribution in [2.75, 3.05) is 26.7 Å². The molecule has 0 atom stereocenters. The third-order valence-electron chi connectivity index (χ3n) is 3.10. The average Bonchev–Trinajstić information content (AvgIpc) is 2.38. The number of hydrogen-bond acceptors (Lipinski definition) is 3. The number of hydrogen-bond donors (Lipinski definition) is 1. The van der Waals surface area contributed by atoms with Gasteiger partial charge in [0.1, 0.15) is 0 Å². The standard InChI is InChI=1S/C16H24N2O2/c1-5-17-16(20)11-18(4)10-15(19)14-8-6-13(7-9-14)12(2)3/h6-9,12H,5,10-11H2,1-4H3,(H,17,20). The summed E-state index contributed by atoms with van der Waals surface area (Å²) in [6.45, 7) is 7.21. The van der Waals surface area contributed by atoms with Crippen LogP contribution < -0.4 is 5.32 Å². The van der Waals surface area contributed by atoms with Crippen molar-refractivity contribution >= 4 is 11.7 Å². The molecule has 0 aliphatic rings. The number of Topliss-reactive ketones (excluding diaryl/α,β-unsaturated/α-hetero) is 1. The summed E-state index contributed by atoms with van der Waals surface area (Å²) in [6, 6.07) is 7.69. The lowest BCUT2D eigenvalue weighted by molar-refractivity contribution is -0.121. The van der Waals surface area contributed by atoms with Crippen LogP contribution in [-0.2, 0) is 4.79 Å². The van der Waals surface area contributed by atoms with Crippen LogP contribution in [0.3, 0.4) is 0 Å². The number of carbonyl (C=O) groups excluding carboxylic acids is 2. The zero-order valence-corrected chi connectivity index (χ0v) is 12.8. The molecule has 110 valence electrons. The highest BCUT2D eigenvalue weighted by molar-refractivity contribution is 5.97. The molecule has 4 nitrogen and oxygen atoms in total. The van der Waals surface area contributed by atoms with Crippen molar-refractivity contribution in [1.82, 2.24) is 10.2 Å². The highest BCUT2D eigenvalue weighted by atomic mass is 16.2. The molecule has 0 aliphatic heterocycles. The van der Waals surface area contributed by atoms with Gasteiger partial charge in [0, 0.05) is 12.1 Å². The second kappa shape index (κ2) is 7.80. The molecule has 0 bridgehead atoms. The lowest BCUT2D eigenvalue weighted by Crippen LogP contribution is -2.37. The fourth-order valence-corrected chi connectivity index (χ4v) is 1.94. The van der Waals surface area contributed by atoms with E-state index in [4.69, 9.17) is 0 Å². The first kappa shape index (κ1) is 16.4. The van der Waals surface area contributed by atoms with Gasteiger partial charge in [-0.25, -0.2) is 0 Å². The maximum absolute atomic E-state index is 12.1. The van der Waals surface area contributed by atoms with Crippen LogP contribution >= 0.6 is 0 Å². The summed E-state index contributed by atoms with van der Waals surface area (Å²) < 4.78 is 0. The summed E-state index contributed by atoms with van der Waals surface area (Å²) in [5.74, 6) is 0.435. The Morgan fingerprint density at radius 1 is 1.15 bits per heavy atom. The molecule has 20 heavy (non-hydrogen) atoms. The maximum Gasteiger partial charge on any atom is 0.234 e. The quantitative estimate of drug-likeness (QED) is 0.776. The molecule has 4 heteroatoms. The molecule has 0 aliphatic carbocycles. The van der Waals surface area contributed by atoms with E-state index in [2.05, 4.69) is 19.2 Å². The maximum atomic E-state index is 12.1. The minimum atomic E-state index is -0.0574. The Labute approximate surface area is 121 Å². The number of amides is 1. The molecule has 0 radical (unpaired) electrons. The SMILES string of the molecule is CCNC(=O)CN(C)CC(=O)c1ccc(C(C)C)cc1. The lowest BCUT2D eigenvalue weighted by Gasteiger charge is -2.15. The molecule has 0 saturated heterocycles. The second-order valence-corrected chi connectivity index (χ2v) is 5.33. The van der Waals surface area contributed by atoms with Gasteiger partial charge in [0.25, 0.3) is 0 Å². The molecule has 0 heterocycles. The molecule has 1 rings (SSSR count). The summed E-state index contributed by atoms with van der Waals surface area (Å²) in [6.07, 6.45) is 0. The third-order valence-corrected chi connectivity index (χ3v) is 3.10. The number of rotatable bonds is 7. The van der Waals surface area contributed by atoms with Crippen LogP contribution in [0.25, 0.3) is 0 Å². The number of carbonyl (C=O) groups is 2. The molecular weight excluding hydrogens is 252 g/mol. The van der Waals surface area contributed by atoms with Crippen molar-refractivity contribution in [3.05, 3.63) is 35.4 Å². The molecule has 1 aromatic rings. The normalized spacial score (nSPS) is 10.9. The lowest BCUT2D eigenvalue weighted by atomic mass is 10.0. The first-order valence-electron chi connectivity index (χ1n) is 7.02. The summed E-state index contributed by atoms with van der Waals surface area (Å²) in [4.78, 5) is 25.3. The van der Waals surface area contributed by atoms with Gasteiger partial charge < -0.3 is 5.32 Å². The Kier molecular flexibility index (Phi) is 6.39. The molecule has 1 aromatic carbocycles. The van der Waals surface area contributed by atoms with Crippen molar-refractivity contribution in [3.63, 3.8) is 0 Å². The van der Waals surface area contributed by atoms with E-state index in [1.165, 1.54) is 5.56 Å². The molecule has 0 saturated carbocycles. The van der Waals surface area contributed by atoms with Crippen molar-refractivity contribution < 1.29 is 9.59 Å². The van der Waals surface area contributed by atoms with Gasteiger partial charge >= 0.3 is 0 Å². The van der Waals surface area contributed by atoms with Crippen molar-refractivity contribution in [1.29, 1.82) is 0 Å². The summed E-state index contributed by atoms with van der Waals surface area (Å²) in [5, 5.41) is 2.72. The fourth-order valence-electron chi connectivity index (χ4n) is 1.94. The molecule has 1 amide bonds. The zero-order chi connectivity index (χ0) is 15.1. The van der Waals surface area contributed by atoms with E-state index in [0.29, 0.717) is 18.0 Å². The van der Waals surface area contributed by atoms with Crippen molar-refractivity contribution in [2.24, 2.45) is 0 Å². The fraction of sp³-hybridized carbons (Fsp3) is 0.500. The Morgan fingerprint density at radius 3 is 2.25 bits per heavy atom. The number of nitrogens with zero attached hydrogens (tertiary/aromatic N) is 1. The minimum absolute atomic E-state index is 0.0344. The van der Waals surface area contributed by atoms with Crippen LogP contribution in [0.4, 0.5) is 0 Å². The Morgan fingerprint density at radius 2 is 1.75 bits per heavy atom. The smallest absolute Gasteiger partial charge is 0.234 e. The van der Waals surface area contributed by atoms with Crippen LogP contribution in [-0.4, -0.2) is 43.3 Å². The van der Waals surface area contributed by atoms with Gasteiger partial charge in [0.15, 0.2) is 5.78 Å². The summed E-state index contributed by atoms with van der Waals surface area (Å²) in [5.41, 5.74) is 1.91. The van der Waals surface area contributed by atoms with E-state index in [9.17, 15) is 9.59 Å². The van der Waals surface area contributed by atoms with E-state index in [0.717, 1.165) is 0 Å². The topological polar surface area (TPSA) is 49.4 Å². The first-order valence-corrected chi connectivity index (χ1v) is 7.02. The van der Waals surface area contributed by atoms with Crippen molar-refractivity contribution in [2.45, 2.75) is 26.7 Å². The first-order chi connectivity index (χ1) is 9.43. The number of likely N-dealkylation sites (N-methyl/N-ethyl adjacent to an activating group) is 2. The second-order valence-electron chi connectivity index (χ2n) is 5.33. The van der Waals surface area contributed by atoms with Gasteiger partial charge in [0.05, 0.1) is 13.1 Å². The predicted molar refractivity (Wildman–Crippen MR) is 81.0 cm³/mol. The van der Waals surface area contributed by atoms with Crippen LogP contribution in [0.15, 0.2) is 24.3 Å². The van der Waals surface area contributed by atoms with E-state index in [1.54, 1.807) is 11.9 Å². The Hall–Kier alpha value is -1.68. The number of nitrogens with one attached hydrogen (secondary N) is 1. The Balaban J connectivity index is 2.55. The number of benzene rings is 1. The predicted octanol–water partition coefficient (Wildman–Crippen LogP) is 2.06. The molecule has 0 fully saturated rings. The van der Waals surface area contributed by atoms with Crippen LogP contribution in [0.5, 0.6) is 0 Å². The van der Waals surface area contributed by atoms with Crippen LogP contribution in [0.1, 0.15) is 42.6 Å². The largest absolute Gasteiger partial charge is 0.355 e. The molecular formula is C16H24N2O2. The van der Waals surface area contributed by atoms with E-state index < -0.39 is 0 Å². The van der Waals surface area contributed by atoms with Gasteiger partial charge in [-0.05, 0) is 25.5 Å². The van der Waals surface area contributed by atoms with Crippen LogP contribution in [0, 0.1) is 0 Å². The Bertz CT molecular complexity index is 452. The summed E-state index contributed by atoms with van der Waals surface area (Å²) in [7, 11) is 1.77. The van der Waals surface area contributed by atoms with Gasteiger partial charge in [0.2, 0.25) is 5.91 Å². The van der Waals surface area contributed by atoms with Gasteiger partial charge in [-0.3, -0.25) is 14.5 Å². The molecule has 1 N–H and O–H groups in total. The number of ketones is 1. The molecule has 0 aromatic heterocycles. The average molecular weight is 276 g/mol.